The molecule has 4 unspecified atom stereocenters. The van der Waals surface area contributed by atoms with Crippen LogP contribution in [0, 0.1) is 5.92 Å². The van der Waals surface area contributed by atoms with Crippen molar-refractivity contribution in [2.75, 3.05) is 6.54 Å². The molecule has 4 rings (SSSR count). The Labute approximate surface area is 161 Å². The molecule has 3 aliphatic rings. The summed E-state index contributed by atoms with van der Waals surface area (Å²) in [5.74, 6) is -0.0736. The lowest BCUT2D eigenvalue weighted by molar-refractivity contribution is -0.130. The summed E-state index contributed by atoms with van der Waals surface area (Å²) in [6.07, 6.45) is 4.82. The molecule has 142 valence electrons. The third kappa shape index (κ3) is 3.89. The van der Waals surface area contributed by atoms with E-state index in [-0.39, 0.29) is 42.2 Å². The number of halogens is 1. The first-order valence-corrected chi connectivity index (χ1v) is 9.51. The van der Waals surface area contributed by atoms with Crippen molar-refractivity contribution < 1.29 is 9.59 Å². The number of benzene rings is 1. The van der Waals surface area contributed by atoms with Crippen molar-refractivity contribution >= 4 is 24.2 Å². The number of nitrogens with one attached hydrogen (secondary N) is 2. The quantitative estimate of drug-likeness (QED) is 0.847. The van der Waals surface area contributed by atoms with E-state index >= 15 is 0 Å². The minimum absolute atomic E-state index is 0. The Kier molecular flexibility index (Phi) is 5.88. The lowest BCUT2D eigenvalue weighted by Crippen LogP contribution is -2.49. The highest BCUT2D eigenvalue weighted by molar-refractivity contribution is 5.89. The molecular formula is C20H28ClN3O2. The number of hydrogen-bond acceptors (Lipinski definition) is 3. The van der Waals surface area contributed by atoms with Crippen LogP contribution in [0.4, 0.5) is 0 Å². The van der Waals surface area contributed by atoms with E-state index in [4.69, 9.17) is 0 Å². The molecule has 0 radical (unpaired) electrons. The molecule has 1 aromatic carbocycles. The van der Waals surface area contributed by atoms with Gasteiger partial charge in [-0.05, 0) is 38.2 Å². The largest absolute Gasteiger partial charge is 0.353 e. The van der Waals surface area contributed by atoms with Gasteiger partial charge in [-0.1, -0.05) is 30.3 Å². The third-order valence-electron chi connectivity index (χ3n) is 6.10. The number of piperidine rings is 1. The van der Waals surface area contributed by atoms with Crippen LogP contribution in [0.15, 0.2) is 30.3 Å². The van der Waals surface area contributed by atoms with Crippen LogP contribution in [0.5, 0.6) is 0 Å². The highest BCUT2D eigenvalue weighted by atomic mass is 35.5. The van der Waals surface area contributed by atoms with E-state index in [1.54, 1.807) is 0 Å². The van der Waals surface area contributed by atoms with Crippen molar-refractivity contribution in [3.05, 3.63) is 35.9 Å². The Bertz CT molecular complexity index is 642. The molecule has 3 fully saturated rings. The highest BCUT2D eigenvalue weighted by Gasteiger charge is 2.39. The smallest absolute Gasteiger partial charge is 0.225 e. The van der Waals surface area contributed by atoms with Gasteiger partial charge in [-0.3, -0.25) is 9.59 Å². The molecule has 6 heteroatoms. The minimum Gasteiger partial charge on any atom is -0.353 e. The maximum atomic E-state index is 12.7. The number of rotatable bonds is 4. The molecule has 0 aromatic heterocycles. The minimum atomic E-state index is -0.216. The molecule has 5 nitrogen and oxygen atoms in total. The van der Waals surface area contributed by atoms with Gasteiger partial charge in [0, 0.05) is 31.1 Å². The highest BCUT2D eigenvalue weighted by Crippen LogP contribution is 2.30. The third-order valence-corrected chi connectivity index (χ3v) is 6.10. The summed E-state index contributed by atoms with van der Waals surface area (Å²) in [6.45, 7) is 2.57. The van der Waals surface area contributed by atoms with Crippen molar-refractivity contribution in [3.8, 4) is 0 Å². The fraction of sp³-hybridized carbons (Fsp3) is 0.600. The molecular weight excluding hydrogens is 350 g/mol. The number of carbonyl (C=O) groups is 2. The maximum Gasteiger partial charge on any atom is 0.225 e. The first kappa shape index (κ1) is 19.2. The van der Waals surface area contributed by atoms with Crippen LogP contribution in [0.2, 0.25) is 0 Å². The Morgan fingerprint density at radius 1 is 1.19 bits per heavy atom. The average molecular weight is 378 g/mol. The van der Waals surface area contributed by atoms with Crippen molar-refractivity contribution in [1.82, 2.24) is 15.5 Å². The normalized spacial score (nSPS) is 31.4. The van der Waals surface area contributed by atoms with Gasteiger partial charge in [-0.2, -0.15) is 0 Å². The van der Waals surface area contributed by atoms with Crippen molar-refractivity contribution in [1.29, 1.82) is 0 Å². The van der Waals surface area contributed by atoms with Gasteiger partial charge >= 0.3 is 0 Å². The van der Waals surface area contributed by atoms with Gasteiger partial charge < -0.3 is 15.5 Å². The van der Waals surface area contributed by atoms with Crippen LogP contribution in [-0.2, 0) is 9.59 Å². The zero-order chi connectivity index (χ0) is 17.4. The van der Waals surface area contributed by atoms with Crippen molar-refractivity contribution in [2.24, 2.45) is 5.92 Å². The number of fused-ring (bicyclic) bond motifs is 2. The molecule has 4 atom stereocenters. The van der Waals surface area contributed by atoms with E-state index in [2.05, 4.69) is 10.6 Å². The van der Waals surface area contributed by atoms with E-state index < -0.39 is 0 Å². The summed E-state index contributed by atoms with van der Waals surface area (Å²) < 4.78 is 0. The van der Waals surface area contributed by atoms with Crippen molar-refractivity contribution in [2.45, 2.75) is 63.2 Å². The lowest BCUT2D eigenvalue weighted by Gasteiger charge is -2.30. The summed E-state index contributed by atoms with van der Waals surface area (Å²) in [6, 6.07) is 11.4. The first-order chi connectivity index (χ1) is 12.1. The summed E-state index contributed by atoms with van der Waals surface area (Å²) in [7, 11) is 0. The number of amides is 2. The Morgan fingerprint density at radius 2 is 1.85 bits per heavy atom. The van der Waals surface area contributed by atoms with Crippen LogP contribution in [0.25, 0.3) is 0 Å². The van der Waals surface area contributed by atoms with Crippen LogP contribution in [-0.4, -0.2) is 41.4 Å². The molecule has 1 aromatic rings. The van der Waals surface area contributed by atoms with Gasteiger partial charge in [0.2, 0.25) is 11.8 Å². The molecule has 3 saturated heterocycles. The van der Waals surface area contributed by atoms with E-state index in [0.717, 1.165) is 18.4 Å². The Morgan fingerprint density at radius 3 is 2.50 bits per heavy atom. The van der Waals surface area contributed by atoms with E-state index in [1.807, 2.05) is 42.2 Å². The molecule has 0 aliphatic carbocycles. The van der Waals surface area contributed by atoms with Gasteiger partial charge in [0.1, 0.15) is 0 Å². The zero-order valence-corrected chi connectivity index (χ0v) is 16.0. The van der Waals surface area contributed by atoms with Crippen LogP contribution >= 0.6 is 12.4 Å². The zero-order valence-electron chi connectivity index (χ0n) is 15.2. The number of likely N-dealkylation sites (tertiary alicyclic amines) is 1. The maximum absolute atomic E-state index is 12.7. The lowest BCUT2D eigenvalue weighted by atomic mass is 9.98. The van der Waals surface area contributed by atoms with Gasteiger partial charge in [-0.15, -0.1) is 12.4 Å². The van der Waals surface area contributed by atoms with Crippen molar-refractivity contribution in [3.63, 3.8) is 0 Å². The number of nitrogens with zero attached hydrogens (tertiary/aromatic N) is 1. The van der Waals surface area contributed by atoms with Crippen LogP contribution in [0.3, 0.4) is 0 Å². The topological polar surface area (TPSA) is 61.4 Å². The molecule has 0 spiro atoms. The molecule has 3 heterocycles. The standard InChI is InChI=1S/C20H27N3O2.ClH/c1-13(14-5-3-2-4-6-14)23-12-15(9-19(23)24)20(25)22-18-10-16-7-8-17(11-18)21-16;/h2-6,13,15-18,21H,7-12H2,1H3,(H,22,25);1H. The van der Waals surface area contributed by atoms with E-state index in [1.165, 1.54) is 12.8 Å². The SMILES string of the molecule is CC(c1ccccc1)N1CC(C(=O)NC2CC3CCC(C2)N3)CC1=O.Cl. The summed E-state index contributed by atoms with van der Waals surface area (Å²) in [4.78, 5) is 27.0. The molecule has 2 N–H and O–H groups in total. The monoisotopic (exact) mass is 377 g/mol. The predicted octanol–water partition coefficient (Wildman–Crippen LogP) is 2.42. The summed E-state index contributed by atoms with van der Waals surface area (Å²) >= 11 is 0. The second-order valence-electron chi connectivity index (χ2n) is 7.85. The molecule has 26 heavy (non-hydrogen) atoms. The second-order valence-corrected chi connectivity index (χ2v) is 7.85. The van der Waals surface area contributed by atoms with Gasteiger partial charge in [0.05, 0.1) is 12.0 Å². The summed E-state index contributed by atoms with van der Waals surface area (Å²) in [5, 5.41) is 6.82. The number of hydrogen-bond donors (Lipinski definition) is 2. The molecule has 2 amide bonds. The Balaban J connectivity index is 0.00000196. The fourth-order valence-corrected chi connectivity index (χ4v) is 4.69. The molecule has 2 bridgehead atoms. The summed E-state index contributed by atoms with van der Waals surface area (Å²) in [5.41, 5.74) is 1.12. The second kappa shape index (κ2) is 7.97. The van der Waals surface area contributed by atoms with Gasteiger partial charge in [0.15, 0.2) is 0 Å². The van der Waals surface area contributed by atoms with E-state index in [9.17, 15) is 9.59 Å². The number of carbonyl (C=O) groups excluding carboxylic acids is 2. The average Bonchev–Trinajstić information content (AvgIpc) is 3.17. The Hall–Kier alpha value is -1.59. The first-order valence-electron chi connectivity index (χ1n) is 9.51. The molecule has 0 saturated carbocycles. The van der Waals surface area contributed by atoms with Gasteiger partial charge in [-0.25, -0.2) is 0 Å². The van der Waals surface area contributed by atoms with Crippen LogP contribution in [0.1, 0.15) is 50.6 Å². The van der Waals surface area contributed by atoms with Crippen LogP contribution < -0.4 is 10.6 Å². The predicted molar refractivity (Wildman–Crippen MR) is 103 cm³/mol. The fourth-order valence-electron chi connectivity index (χ4n) is 4.69. The van der Waals surface area contributed by atoms with E-state index in [0.29, 0.717) is 25.0 Å². The molecule has 3 aliphatic heterocycles. The van der Waals surface area contributed by atoms with Gasteiger partial charge in [0.25, 0.3) is 0 Å².